The molecule has 0 aliphatic rings. The highest BCUT2D eigenvalue weighted by Crippen LogP contribution is 2.36. The Bertz CT molecular complexity index is 724. The van der Waals surface area contributed by atoms with Crippen LogP contribution in [-0.2, 0) is 12.8 Å². The zero-order valence-corrected chi connectivity index (χ0v) is 16.7. The highest BCUT2D eigenvalue weighted by molar-refractivity contribution is 5.49. The van der Waals surface area contributed by atoms with Crippen LogP contribution in [-0.4, -0.2) is 28.4 Å². The maximum absolute atomic E-state index is 5.52. The van der Waals surface area contributed by atoms with Crippen LogP contribution >= 0.6 is 0 Å². The summed E-state index contributed by atoms with van der Waals surface area (Å²) in [6, 6.07) is 10.3. The summed E-state index contributed by atoms with van der Waals surface area (Å²) < 4.78 is 21.8. The Hall–Kier alpha value is -2.36. The maximum Gasteiger partial charge on any atom is 0.161 e. The van der Waals surface area contributed by atoms with Crippen molar-refractivity contribution in [3.63, 3.8) is 0 Å². The Morgan fingerprint density at radius 3 is 1.92 bits per heavy atom. The number of methoxy groups -OCH3 is 4. The van der Waals surface area contributed by atoms with Gasteiger partial charge in [-0.05, 0) is 59.7 Å². The van der Waals surface area contributed by atoms with Crippen LogP contribution in [0, 0.1) is 0 Å². The van der Waals surface area contributed by atoms with E-state index in [-0.39, 0.29) is 0 Å². The average Bonchev–Trinajstić information content (AvgIpc) is 2.67. The number of ether oxygens (including phenoxy) is 4. The number of aryl methyl sites for hydroxylation is 1. The average molecular weight is 358 g/mol. The lowest BCUT2D eigenvalue weighted by atomic mass is 9.88. The quantitative estimate of drug-likeness (QED) is 0.631. The van der Waals surface area contributed by atoms with Crippen molar-refractivity contribution in [1.29, 1.82) is 0 Å². The van der Waals surface area contributed by atoms with Gasteiger partial charge in [-0.15, -0.1) is 0 Å². The molecule has 0 fully saturated rings. The monoisotopic (exact) mass is 358 g/mol. The van der Waals surface area contributed by atoms with Crippen LogP contribution in [0.3, 0.4) is 0 Å². The molecule has 0 N–H and O–H groups in total. The maximum atomic E-state index is 5.52. The molecule has 0 saturated carbocycles. The van der Waals surface area contributed by atoms with Crippen molar-refractivity contribution in [2.24, 2.45) is 0 Å². The minimum Gasteiger partial charge on any atom is -0.493 e. The van der Waals surface area contributed by atoms with E-state index in [0.717, 1.165) is 42.3 Å². The van der Waals surface area contributed by atoms with E-state index in [0.29, 0.717) is 5.92 Å². The van der Waals surface area contributed by atoms with Crippen molar-refractivity contribution >= 4 is 0 Å². The van der Waals surface area contributed by atoms with Crippen molar-refractivity contribution in [2.45, 2.75) is 39.0 Å². The molecule has 0 spiro atoms. The fraction of sp³-hybridized carbons (Fsp3) is 0.455. The van der Waals surface area contributed by atoms with Gasteiger partial charge in [0.15, 0.2) is 23.0 Å². The molecule has 0 saturated heterocycles. The fourth-order valence-electron chi connectivity index (χ4n) is 3.35. The molecule has 0 aliphatic heterocycles. The SMILES string of the molecule is CCCc1cc(OC)c(OC)cc1[C@H](C)Cc1ccc(OC)c(OC)c1. The minimum absolute atomic E-state index is 0.342. The van der Waals surface area contributed by atoms with Gasteiger partial charge in [0.2, 0.25) is 0 Å². The summed E-state index contributed by atoms with van der Waals surface area (Å²) in [6.07, 6.45) is 3.02. The molecule has 1 atom stereocenters. The smallest absolute Gasteiger partial charge is 0.161 e. The Kier molecular flexibility index (Phi) is 7.19. The third-order valence-electron chi connectivity index (χ3n) is 4.69. The van der Waals surface area contributed by atoms with Crippen molar-refractivity contribution in [3.8, 4) is 23.0 Å². The molecular weight excluding hydrogens is 328 g/mol. The molecule has 0 amide bonds. The topological polar surface area (TPSA) is 36.9 Å². The lowest BCUT2D eigenvalue weighted by Crippen LogP contribution is -2.05. The lowest BCUT2D eigenvalue weighted by Gasteiger charge is -2.20. The number of rotatable bonds is 9. The van der Waals surface area contributed by atoms with Crippen LogP contribution in [0.1, 0.15) is 42.9 Å². The summed E-state index contributed by atoms with van der Waals surface area (Å²) in [7, 11) is 6.68. The van der Waals surface area contributed by atoms with E-state index in [2.05, 4.69) is 38.1 Å². The van der Waals surface area contributed by atoms with Crippen LogP contribution in [0.25, 0.3) is 0 Å². The first kappa shape index (κ1) is 20.0. The number of benzene rings is 2. The molecule has 0 radical (unpaired) electrons. The van der Waals surface area contributed by atoms with Crippen molar-refractivity contribution < 1.29 is 18.9 Å². The molecule has 0 heterocycles. The van der Waals surface area contributed by atoms with E-state index >= 15 is 0 Å². The summed E-state index contributed by atoms with van der Waals surface area (Å²) in [4.78, 5) is 0. The summed E-state index contributed by atoms with van der Waals surface area (Å²) in [5.74, 6) is 3.42. The van der Waals surface area contributed by atoms with Crippen LogP contribution in [0.2, 0.25) is 0 Å². The largest absolute Gasteiger partial charge is 0.493 e. The number of hydrogen-bond donors (Lipinski definition) is 0. The first-order valence-corrected chi connectivity index (χ1v) is 9.03. The molecule has 26 heavy (non-hydrogen) atoms. The van der Waals surface area contributed by atoms with Gasteiger partial charge in [-0.2, -0.15) is 0 Å². The molecule has 142 valence electrons. The highest BCUT2D eigenvalue weighted by Gasteiger charge is 2.17. The zero-order chi connectivity index (χ0) is 19.1. The van der Waals surface area contributed by atoms with E-state index < -0.39 is 0 Å². The van der Waals surface area contributed by atoms with Crippen molar-refractivity contribution in [1.82, 2.24) is 0 Å². The van der Waals surface area contributed by atoms with Gasteiger partial charge >= 0.3 is 0 Å². The van der Waals surface area contributed by atoms with E-state index in [1.807, 2.05) is 6.07 Å². The van der Waals surface area contributed by atoms with Gasteiger partial charge in [-0.1, -0.05) is 26.3 Å². The third-order valence-corrected chi connectivity index (χ3v) is 4.69. The molecule has 0 unspecified atom stereocenters. The van der Waals surface area contributed by atoms with Crippen LogP contribution in [0.4, 0.5) is 0 Å². The Morgan fingerprint density at radius 2 is 1.35 bits per heavy atom. The molecule has 2 aromatic carbocycles. The Balaban J connectivity index is 2.34. The molecule has 0 aromatic heterocycles. The predicted molar refractivity (Wildman–Crippen MR) is 105 cm³/mol. The number of hydrogen-bond acceptors (Lipinski definition) is 4. The molecule has 0 aliphatic carbocycles. The summed E-state index contributed by atoms with van der Waals surface area (Å²) >= 11 is 0. The van der Waals surface area contributed by atoms with Crippen molar-refractivity contribution in [2.75, 3.05) is 28.4 Å². The second kappa shape index (κ2) is 9.37. The molecule has 2 rings (SSSR count). The van der Waals surface area contributed by atoms with Gasteiger partial charge in [0, 0.05) is 0 Å². The van der Waals surface area contributed by atoms with Gasteiger partial charge in [0.25, 0.3) is 0 Å². The first-order valence-electron chi connectivity index (χ1n) is 9.03. The molecular formula is C22H30O4. The molecule has 0 bridgehead atoms. The molecule has 2 aromatic rings. The van der Waals surface area contributed by atoms with Crippen LogP contribution in [0.15, 0.2) is 30.3 Å². The second-order valence-corrected chi connectivity index (χ2v) is 6.45. The van der Waals surface area contributed by atoms with E-state index in [1.165, 1.54) is 16.7 Å². The van der Waals surface area contributed by atoms with E-state index in [1.54, 1.807) is 28.4 Å². The Labute approximate surface area is 157 Å². The Morgan fingerprint density at radius 1 is 0.769 bits per heavy atom. The van der Waals surface area contributed by atoms with Gasteiger partial charge in [-0.25, -0.2) is 0 Å². The van der Waals surface area contributed by atoms with Gasteiger partial charge < -0.3 is 18.9 Å². The van der Waals surface area contributed by atoms with Crippen LogP contribution in [0.5, 0.6) is 23.0 Å². The van der Waals surface area contributed by atoms with Gasteiger partial charge in [-0.3, -0.25) is 0 Å². The van der Waals surface area contributed by atoms with Crippen molar-refractivity contribution in [3.05, 3.63) is 47.0 Å². The standard InChI is InChI=1S/C22H30O4/c1-7-8-17-13-21(25-5)22(26-6)14-18(17)15(2)11-16-9-10-19(23-3)20(12-16)24-4/h9-10,12-15H,7-8,11H2,1-6H3/t15-/m1/s1. The fourth-order valence-corrected chi connectivity index (χ4v) is 3.35. The van der Waals surface area contributed by atoms with E-state index in [9.17, 15) is 0 Å². The van der Waals surface area contributed by atoms with Crippen LogP contribution < -0.4 is 18.9 Å². The molecule has 4 nitrogen and oxygen atoms in total. The highest BCUT2D eigenvalue weighted by atomic mass is 16.5. The van der Waals surface area contributed by atoms with Gasteiger partial charge in [0.1, 0.15) is 0 Å². The van der Waals surface area contributed by atoms with E-state index in [4.69, 9.17) is 18.9 Å². The zero-order valence-electron chi connectivity index (χ0n) is 16.7. The predicted octanol–water partition coefficient (Wildman–Crippen LogP) is 5.02. The summed E-state index contributed by atoms with van der Waals surface area (Å²) in [5, 5.41) is 0. The third kappa shape index (κ3) is 4.43. The first-order chi connectivity index (χ1) is 12.6. The summed E-state index contributed by atoms with van der Waals surface area (Å²) in [5.41, 5.74) is 3.84. The minimum atomic E-state index is 0.342. The normalized spacial score (nSPS) is 11.8. The summed E-state index contributed by atoms with van der Waals surface area (Å²) in [6.45, 7) is 4.44. The lowest BCUT2D eigenvalue weighted by molar-refractivity contribution is 0.353. The molecule has 4 heteroatoms. The second-order valence-electron chi connectivity index (χ2n) is 6.45. The van der Waals surface area contributed by atoms with Gasteiger partial charge in [0.05, 0.1) is 28.4 Å².